The Morgan fingerprint density at radius 2 is 2.07 bits per heavy atom. The molecule has 27 heavy (non-hydrogen) atoms. The quantitative estimate of drug-likeness (QED) is 0.723. The monoisotopic (exact) mass is 386 g/mol. The fourth-order valence-electron chi connectivity index (χ4n) is 3.65. The summed E-state index contributed by atoms with van der Waals surface area (Å²) in [6.07, 6.45) is 4.05. The number of aryl methyl sites for hydroxylation is 2. The summed E-state index contributed by atoms with van der Waals surface area (Å²) in [5.41, 5.74) is 2.58. The van der Waals surface area contributed by atoms with Crippen LogP contribution >= 0.6 is 0 Å². The molecule has 1 fully saturated rings. The van der Waals surface area contributed by atoms with Crippen molar-refractivity contribution in [2.45, 2.75) is 24.3 Å². The second kappa shape index (κ2) is 7.03. The van der Waals surface area contributed by atoms with Gasteiger partial charge in [0, 0.05) is 30.7 Å². The van der Waals surface area contributed by atoms with Gasteiger partial charge in [0.1, 0.15) is 4.90 Å². The topological polar surface area (TPSA) is 86.1 Å². The summed E-state index contributed by atoms with van der Waals surface area (Å²) in [5, 5.41) is 5.23. The normalized spacial score (nSPS) is 20.4. The number of benzene rings is 1. The van der Waals surface area contributed by atoms with Crippen molar-refractivity contribution in [2.24, 2.45) is 13.0 Å². The number of fused-ring (bicyclic) bond motifs is 1. The number of hydrogen-bond donors (Lipinski definition) is 1. The zero-order chi connectivity index (χ0) is 19.0. The molecule has 2 aromatic heterocycles. The van der Waals surface area contributed by atoms with E-state index in [-0.39, 0.29) is 16.9 Å². The van der Waals surface area contributed by atoms with Gasteiger partial charge in [-0.25, -0.2) is 13.1 Å². The van der Waals surface area contributed by atoms with Gasteiger partial charge in [-0.1, -0.05) is 18.2 Å². The van der Waals surface area contributed by atoms with E-state index < -0.39 is 10.0 Å². The number of nitrogens with one attached hydrogen (secondary N) is 1. The lowest BCUT2D eigenvalue weighted by molar-refractivity contribution is 0.183. The molecule has 0 amide bonds. The Morgan fingerprint density at radius 1 is 1.26 bits per heavy atom. The smallest absolute Gasteiger partial charge is 0.244 e. The Hall–Kier alpha value is -2.29. The highest BCUT2D eigenvalue weighted by Gasteiger charge is 2.33. The molecule has 0 unspecified atom stereocenters. The summed E-state index contributed by atoms with van der Waals surface area (Å²) < 4.78 is 35.5. The molecule has 0 bridgehead atoms. The van der Waals surface area contributed by atoms with Crippen molar-refractivity contribution in [3.8, 4) is 0 Å². The number of para-hydroxylation sites is 1. The maximum absolute atomic E-state index is 12.8. The van der Waals surface area contributed by atoms with Crippen molar-refractivity contribution in [3.05, 3.63) is 54.0 Å². The molecule has 0 aliphatic carbocycles. The molecule has 8 heteroatoms. The molecule has 0 radical (unpaired) electrons. The summed E-state index contributed by atoms with van der Waals surface area (Å²) >= 11 is 0. The molecule has 1 saturated heterocycles. The largest absolute Gasteiger partial charge is 0.379 e. The lowest BCUT2D eigenvalue weighted by Crippen LogP contribution is -2.40. The van der Waals surface area contributed by atoms with Crippen LogP contribution in [0.5, 0.6) is 0 Å². The van der Waals surface area contributed by atoms with Gasteiger partial charge in [-0.2, -0.15) is 5.10 Å². The van der Waals surface area contributed by atoms with Crippen LogP contribution in [0.3, 0.4) is 0 Å². The Morgan fingerprint density at radius 3 is 2.85 bits per heavy atom. The lowest BCUT2D eigenvalue weighted by Gasteiger charge is -2.19. The third-order valence-corrected chi connectivity index (χ3v) is 6.58. The maximum Gasteiger partial charge on any atom is 0.244 e. The van der Waals surface area contributed by atoms with Crippen molar-refractivity contribution in [1.82, 2.24) is 19.5 Å². The minimum Gasteiger partial charge on any atom is -0.379 e. The van der Waals surface area contributed by atoms with Crippen LogP contribution in [0.1, 0.15) is 11.3 Å². The van der Waals surface area contributed by atoms with Gasteiger partial charge in [-0.3, -0.25) is 9.67 Å². The molecule has 1 aliphatic heterocycles. The molecule has 1 N–H and O–H groups in total. The minimum atomic E-state index is -3.65. The number of nitrogens with zero attached hydrogens (tertiary/aromatic N) is 3. The highest BCUT2D eigenvalue weighted by atomic mass is 32.2. The van der Waals surface area contributed by atoms with Crippen molar-refractivity contribution >= 4 is 20.9 Å². The van der Waals surface area contributed by atoms with Crippen LogP contribution in [0.15, 0.2) is 47.6 Å². The van der Waals surface area contributed by atoms with Crippen LogP contribution in [-0.2, 0) is 28.2 Å². The fourth-order valence-corrected chi connectivity index (χ4v) is 5.16. The molecule has 7 nitrogen and oxygen atoms in total. The first-order valence-corrected chi connectivity index (χ1v) is 10.4. The van der Waals surface area contributed by atoms with Gasteiger partial charge in [0.25, 0.3) is 0 Å². The van der Waals surface area contributed by atoms with Gasteiger partial charge in [-0.15, -0.1) is 0 Å². The van der Waals surface area contributed by atoms with Gasteiger partial charge < -0.3 is 4.74 Å². The minimum absolute atomic E-state index is 0.0579. The van der Waals surface area contributed by atoms with E-state index in [9.17, 15) is 8.42 Å². The van der Waals surface area contributed by atoms with Crippen molar-refractivity contribution in [1.29, 1.82) is 0 Å². The number of rotatable bonds is 5. The zero-order valence-electron chi connectivity index (χ0n) is 15.3. The summed E-state index contributed by atoms with van der Waals surface area (Å²) in [7, 11) is -1.94. The average molecular weight is 386 g/mol. The van der Waals surface area contributed by atoms with E-state index in [2.05, 4.69) is 14.8 Å². The van der Waals surface area contributed by atoms with Crippen LogP contribution in [-0.4, -0.2) is 42.4 Å². The number of sulfonamides is 1. The summed E-state index contributed by atoms with van der Waals surface area (Å²) in [6.45, 7) is 2.59. The summed E-state index contributed by atoms with van der Waals surface area (Å²) in [5.74, 6) is 0.0579. The van der Waals surface area contributed by atoms with Gasteiger partial charge in [-0.05, 0) is 31.0 Å². The van der Waals surface area contributed by atoms with E-state index in [0.29, 0.717) is 18.9 Å². The maximum atomic E-state index is 12.8. The molecule has 4 rings (SSSR count). The zero-order valence-corrected chi connectivity index (χ0v) is 16.1. The van der Waals surface area contributed by atoms with E-state index in [1.807, 2.05) is 30.3 Å². The Labute approximate surface area is 158 Å². The molecular weight excluding hydrogens is 364 g/mol. The SMILES string of the molecule is Cc1nn(C)cc1S(=O)(=O)N[C@H]1COC[C@H]1Cc1ccnc2ccccc12. The average Bonchev–Trinajstić information content (AvgIpc) is 3.21. The lowest BCUT2D eigenvalue weighted by atomic mass is 9.93. The summed E-state index contributed by atoms with van der Waals surface area (Å²) in [6, 6.07) is 9.70. The van der Waals surface area contributed by atoms with Gasteiger partial charge >= 0.3 is 0 Å². The van der Waals surface area contributed by atoms with Gasteiger partial charge in [0.05, 0.1) is 30.5 Å². The molecule has 3 heterocycles. The van der Waals surface area contributed by atoms with Crippen LogP contribution < -0.4 is 4.72 Å². The van der Waals surface area contributed by atoms with Crippen LogP contribution in [0.4, 0.5) is 0 Å². The number of aromatic nitrogens is 3. The highest BCUT2D eigenvalue weighted by molar-refractivity contribution is 7.89. The number of pyridine rings is 1. The second-order valence-electron chi connectivity index (χ2n) is 6.97. The Bertz CT molecular complexity index is 1070. The predicted molar refractivity (Wildman–Crippen MR) is 102 cm³/mol. The standard InChI is InChI=1S/C19H22N4O3S/c1-13-19(10-23(2)21-13)27(24,25)22-18-12-26-11-15(18)9-14-7-8-20-17-6-4-3-5-16(14)17/h3-8,10,15,18,22H,9,11-12H2,1-2H3/t15-,18+/m1/s1. The van der Waals surface area contributed by atoms with Crippen LogP contribution in [0, 0.1) is 12.8 Å². The van der Waals surface area contributed by atoms with E-state index >= 15 is 0 Å². The Balaban J connectivity index is 1.57. The first kappa shape index (κ1) is 18.1. The fraction of sp³-hybridized carbons (Fsp3) is 0.368. The van der Waals surface area contributed by atoms with Crippen molar-refractivity contribution < 1.29 is 13.2 Å². The molecule has 2 atom stereocenters. The van der Waals surface area contributed by atoms with Crippen LogP contribution in [0.25, 0.3) is 10.9 Å². The van der Waals surface area contributed by atoms with E-state index in [0.717, 1.165) is 22.9 Å². The number of hydrogen-bond acceptors (Lipinski definition) is 5. The molecule has 0 saturated carbocycles. The molecule has 0 spiro atoms. The molecule has 3 aromatic rings. The molecule has 1 aliphatic rings. The third kappa shape index (κ3) is 3.60. The third-order valence-electron chi connectivity index (χ3n) is 4.98. The van der Waals surface area contributed by atoms with E-state index in [4.69, 9.17) is 4.74 Å². The molecule has 142 valence electrons. The second-order valence-corrected chi connectivity index (χ2v) is 8.65. The Kier molecular flexibility index (Phi) is 4.71. The van der Waals surface area contributed by atoms with Crippen molar-refractivity contribution in [2.75, 3.05) is 13.2 Å². The van der Waals surface area contributed by atoms with E-state index in [1.54, 1.807) is 20.2 Å². The van der Waals surface area contributed by atoms with Gasteiger partial charge in [0.2, 0.25) is 10.0 Å². The first-order valence-electron chi connectivity index (χ1n) is 8.87. The summed E-state index contributed by atoms with van der Waals surface area (Å²) in [4.78, 5) is 4.61. The highest BCUT2D eigenvalue weighted by Crippen LogP contribution is 2.25. The molecular formula is C19H22N4O3S. The first-order chi connectivity index (χ1) is 12.9. The van der Waals surface area contributed by atoms with Crippen molar-refractivity contribution in [3.63, 3.8) is 0 Å². The van der Waals surface area contributed by atoms with Crippen LogP contribution in [0.2, 0.25) is 0 Å². The predicted octanol–water partition coefficient (Wildman–Crippen LogP) is 1.81. The molecule has 1 aromatic carbocycles. The van der Waals surface area contributed by atoms with Gasteiger partial charge in [0.15, 0.2) is 0 Å². The van der Waals surface area contributed by atoms with E-state index in [1.165, 1.54) is 10.9 Å². The number of ether oxygens (including phenoxy) is 1.